The molecule has 0 aliphatic carbocycles. The van der Waals surface area contributed by atoms with Crippen molar-refractivity contribution in [3.63, 3.8) is 0 Å². The van der Waals surface area contributed by atoms with Gasteiger partial charge in [0.25, 0.3) is 5.91 Å². The minimum Gasteiger partial charge on any atom is -0.507 e. The SMILES string of the molecule is CC(C)CC(C)NC(=O)c1cc(I)ccc1O. The molecule has 1 rings (SSSR count). The molecule has 94 valence electrons. The first-order valence-electron chi connectivity index (χ1n) is 5.69. The molecule has 0 aliphatic heterocycles. The quantitative estimate of drug-likeness (QED) is 0.822. The van der Waals surface area contributed by atoms with Gasteiger partial charge < -0.3 is 10.4 Å². The van der Waals surface area contributed by atoms with Gasteiger partial charge in [-0.1, -0.05) is 13.8 Å². The van der Waals surface area contributed by atoms with E-state index in [2.05, 4.69) is 41.8 Å². The summed E-state index contributed by atoms with van der Waals surface area (Å²) in [6.45, 7) is 6.21. The van der Waals surface area contributed by atoms with E-state index in [1.165, 1.54) is 0 Å². The fourth-order valence-electron chi connectivity index (χ4n) is 1.76. The first-order valence-corrected chi connectivity index (χ1v) is 6.77. The zero-order chi connectivity index (χ0) is 13.0. The average molecular weight is 347 g/mol. The lowest BCUT2D eigenvalue weighted by atomic mass is 10.0. The molecule has 0 saturated heterocycles. The van der Waals surface area contributed by atoms with Gasteiger partial charge in [0.1, 0.15) is 5.75 Å². The van der Waals surface area contributed by atoms with Gasteiger partial charge in [0.15, 0.2) is 0 Å². The maximum Gasteiger partial charge on any atom is 0.255 e. The predicted molar refractivity (Wildman–Crippen MR) is 77.2 cm³/mol. The summed E-state index contributed by atoms with van der Waals surface area (Å²) in [5.41, 5.74) is 0.340. The van der Waals surface area contributed by atoms with Crippen LogP contribution >= 0.6 is 22.6 Å². The van der Waals surface area contributed by atoms with E-state index in [4.69, 9.17) is 0 Å². The van der Waals surface area contributed by atoms with Crippen molar-refractivity contribution in [1.82, 2.24) is 5.32 Å². The molecule has 2 N–H and O–H groups in total. The number of benzene rings is 1. The van der Waals surface area contributed by atoms with E-state index in [1.54, 1.807) is 18.2 Å². The maximum absolute atomic E-state index is 11.9. The Labute approximate surface area is 116 Å². The van der Waals surface area contributed by atoms with Gasteiger partial charge in [-0.25, -0.2) is 0 Å². The lowest BCUT2D eigenvalue weighted by Crippen LogP contribution is -2.33. The number of carbonyl (C=O) groups is 1. The van der Waals surface area contributed by atoms with Gasteiger partial charge in [0.2, 0.25) is 0 Å². The third-order valence-electron chi connectivity index (χ3n) is 2.41. The molecule has 1 amide bonds. The Morgan fingerprint density at radius 3 is 2.65 bits per heavy atom. The monoisotopic (exact) mass is 347 g/mol. The summed E-state index contributed by atoms with van der Waals surface area (Å²) in [4.78, 5) is 11.9. The van der Waals surface area contributed by atoms with Gasteiger partial charge >= 0.3 is 0 Å². The molecule has 1 aromatic carbocycles. The van der Waals surface area contributed by atoms with Crippen molar-refractivity contribution < 1.29 is 9.90 Å². The molecular weight excluding hydrogens is 329 g/mol. The van der Waals surface area contributed by atoms with Crippen LogP contribution in [0.5, 0.6) is 5.75 Å². The molecule has 0 fully saturated rings. The Bertz CT molecular complexity index is 404. The number of nitrogens with one attached hydrogen (secondary N) is 1. The van der Waals surface area contributed by atoms with Crippen LogP contribution in [-0.2, 0) is 0 Å². The van der Waals surface area contributed by atoms with Crippen molar-refractivity contribution in [3.05, 3.63) is 27.3 Å². The van der Waals surface area contributed by atoms with Crippen LogP contribution in [0, 0.1) is 9.49 Å². The van der Waals surface area contributed by atoms with Gasteiger partial charge in [0.05, 0.1) is 5.56 Å². The molecule has 0 spiro atoms. The highest BCUT2D eigenvalue weighted by Gasteiger charge is 2.14. The molecule has 1 atom stereocenters. The van der Waals surface area contributed by atoms with E-state index < -0.39 is 0 Å². The Balaban J connectivity index is 2.73. The zero-order valence-corrected chi connectivity index (χ0v) is 12.5. The second-order valence-corrected chi connectivity index (χ2v) is 5.91. The molecule has 4 heteroatoms. The lowest BCUT2D eigenvalue weighted by Gasteiger charge is -2.16. The number of hydrogen-bond donors (Lipinski definition) is 2. The minimum absolute atomic E-state index is 0.0275. The Morgan fingerprint density at radius 2 is 2.06 bits per heavy atom. The van der Waals surface area contributed by atoms with Crippen LogP contribution in [0.2, 0.25) is 0 Å². The summed E-state index contributed by atoms with van der Waals surface area (Å²) in [5.74, 6) is 0.351. The highest BCUT2D eigenvalue weighted by atomic mass is 127. The molecule has 1 aromatic rings. The van der Waals surface area contributed by atoms with Crippen molar-refractivity contribution in [1.29, 1.82) is 0 Å². The van der Waals surface area contributed by atoms with Crippen LogP contribution < -0.4 is 5.32 Å². The fourth-order valence-corrected chi connectivity index (χ4v) is 2.25. The van der Waals surface area contributed by atoms with E-state index >= 15 is 0 Å². The summed E-state index contributed by atoms with van der Waals surface area (Å²) in [5, 5.41) is 12.5. The molecule has 0 saturated carbocycles. The first-order chi connectivity index (χ1) is 7.90. The van der Waals surface area contributed by atoms with Crippen LogP contribution in [0.1, 0.15) is 37.6 Å². The summed E-state index contributed by atoms with van der Waals surface area (Å²) in [6, 6.07) is 5.11. The Hall–Kier alpha value is -0.780. The number of halogens is 1. The van der Waals surface area contributed by atoms with Gasteiger partial charge in [-0.2, -0.15) is 0 Å². The summed E-state index contributed by atoms with van der Waals surface area (Å²) in [6.07, 6.45) is 0.927. The number of amides is 1. The van der Waals surface area contributed by atoms with Crippen LogP contribution in [0.15, 0.2) is 18.2 Å². The van der Waals surface area contributed by atoms with Crippen LogP contribution in [0.4, 0.5) is 0 Å². The molecule has 0 aromatic heterocycles. The molecule has 1 unspecified atom stereocenters. The normalized spacial score (nSPS) is 12.5. The number of phenolic OH excluding ortho intramolecular Hbond substituents is 1. The van der Waals surface area contributed by atoms with Gasteiger partial charge in [-0.15, -0.1) is 0 Å². The number of aromatic hydroxyl groups is 1. The van der Waals surface area contributed by atoms with Crippen molar-refractivity contribution in [2.75, 3.05) is 0 Å². The number of rotatable bonds is 4. The smallest absolute Gasteiger partial charge is 0.255 e. The maximum atomic E-state index is 11.9. The summed E-state index contributed by atoms with van der Waals surface area (Å²) < 4.78 is 0.932. The highest BCUT2D eigenvalue weighted by molar-refractivity contribution is 14.1. The molecule has 3 nitrogen and oxygen atoms in total. The van der Waals surface area contributed by atoms with Gasteiger partial charge in [0, 0.05) is 9.61 Å². The Morgan fingerprint density at radius 1 is 1.41 bits per heavy atom. The van der Waals surface area contributed by atoms with Crippen LogP contribution in [0.3, 0.4) is 0 Å². The molecule has 0 bridgehead atoms. The summed E-state index contributed by atoms with van der Waals surface area (Å²) in [7, 11) is 0. The predicted octanol–water partition coefficient (Wildman–Crippen LogP) is 3.16. The minimum atomic E-state index is -0.214. The van der Waals surface area contributed by atoms with Crippen molar-refractivity contribution in [2.45, 2.75) is 33.2 Å². The molecule has 0 aliphatic rings. The van der Waals surface area contributed by atoms with Crippen molar-refractivity contribution >= 4 is 28.5 Å². The largest absolute Gasteiger partial charge is 0.507 e. The fraction of sp³-hybridized carbons (Fsp3) is 0.462. The lowest BCUT2D eigenvalue weighted by molar-refractivity contribution is 0.0933. The molecule has 0 heterocycles. The van der Waals surface area contributed by atoms with Crippen molar-refractivity contribution in [3.8, 4) is 5.75 Å². The third kappa shape index (κ3) is 4.53. The van der Waals surface area contributed by atoms with E-state index in [9.17, 15) is 9.90 Å². The number of hydrogen-bond acceptors (Lipinski definition) is 2. The highest BCUT2D eigenvalue weighted by Crippen LogP contribution is 2.19. The summed E-state index contributed by atoms with van der Waals surface area (Å²) >= 11 is 2.12. The average Bonchev–Trinajstić information content (AvgIpc) is 2.20. The van der Waals surface area contributed by atoms with Gasteiger partial charge in [-0.3, -0.25) is 4.79 Å². The van der Waals surface area contributed by atoms with E-state index in [0.717, 1.165) is 9.99 Å². The zero-order valence-electron chi connectivity index (χ0n) is 10.3. The van der Waals surface area contributed by atoms with Crippen LogP contribution in [0.25, 0.3) is 0 Å². The second-order valence-electron chi connectivity index (χ2n) is 4.67. The van der Waals surface area contributed by atoms with E-state index in [-0.39, 0.29) is 17.7 Å². The molecular formula is C13H18INO2. The standard InChI is InChI=1S/C13H18INO2/c1-8(2)6-9(3)15-13(17)11-7-10(14)4-5-12(11)16/h4-5,7-9,16H,6H2,1-3H3,(H,15,17). The van der Waals surface area contributed by atoms with Crippen LogP contribution in [-0.4, -0.2) is 17.1 Å². The first kappa shape index (κ1) is 14.3. The Kier molecular flexibility index (Phi) is 5.24. The molecule has 17 heavy (non-hydrogen) atoms. The number of phenols is 1. The molecule has 0 radical (unpaired) electrons. The van der Waals surface area contributed by atoms with Gasteiger partial charge in [-0.05, 0) is 60.1 Å². The second kappa shape index (κ2) is 6.23. The van der Waals surface area contributed by atoms with E-state index in [0.29, 0.717) is 11.5 Å². The topological polar surface area (TPSA) is 49.3 Å². The van der Waals surface area contributed by atoms with E-state index in [1.807, 2.05) is 6.92 Å². The van der Waals surface area contributed by atoms with Crippen molar-refractivity contribution in [2.24, 2.45) is 5.92 Å². The third-order valence-corrected chi connectivity index (χ3v) is 3.08. The number of carbonyl (C=O) groups excluding carboxylic acids is 1.